The molecule has 31 heavy (non-hydrogen) atoms. The molecule has 9 nitrogen and oxygen atoms in total. The lowest BCUT2D eigenvalue weighted by atomic mass is 10.0. The number of ether oxygens (including phenoxy) is 1. The Kier molecular flexibility index (Phi) is 4.80. The van der Waals surface area contributed by atoms with E-state index in [9.17, 15) is 4.79 Å². The van der Waals surface area contributed by atoms with Gasteiger partial charge in [0.2, 0.25) is 5.95 Å². The van der Waals surface area contributed by atoms with Crippen molar-refractivity contribution >= 4 is 17.5 Å². The van der Waals surface area contributed by atoms with Crippen LogP contribution in [0.3, 0.4) is 0 Å². The number of rotatable bonds is 4. The first kappa shape index (κ1) is 19.5. The van der Waals surface area contributed by atoms with Crippen molar-refractivity contribution < 1.29 is 9.53 Å². The average Bonchev–Trinajstić information content (AvgIpc) is 3.48. The summed E-state index contributed by atoms with van der Waals surface area (Å²) < 4.78 is 5.36. The molecule has 3 aliphatic heterocycles. The number of methoxy groups -OCH3 is 1. The minimum atomic E-state index is 0.0387. The maximum Gasteiger partial charge on any atom is 0.256 e. The molecule has 2 saturated heterocycles. The monoisotopic (exact) mass is 421 g/mol. The van der Waals surface area contributed by atoms with Gasteiger partial charge in [0, 0.05) is 67.9 Å². The van der Waals surface area contributed by atoms with Crippen LogP contribution in [0, 0.1) is 25.7 Å². The molecule has 3 aliphatic rings. The zero-order valence-electron chi connectivity index (χ0n) is 18.0. The summed E-state index contributed by atoms with van der Waals surface area (Å²) >= 11 is 0. The van der Waals surface area contributed by atoms with Crippen LogP contribution in [0.25, 0.3) is 0 Å². The maximum atomic E-state index is 13.4. The lowest BCUT2D eigenvalue weighted by Crippen LogP contribution is -2.40. The topological polar surface area (TPSA) is 85.9 Å². The smallest absolute Gasteiger partial charge is 0.256 e. The lowest BCUT2D eigenvalue weighted by Gasteiger charge is -2.26. The molecule has 0 radical (unpaired) electrons. The van der Waals surface area contributed by atoms with Gasteiger partial charge in [0.15, 0.2) is 0 Å². The highest BCUT2D eigenvalue weighted by Gasteiger charge is 2.43. The molecule has 0 bridgehead atoms. The van der Waals surface area contributed by atoms with Gasteiger partial charge in [0.1, 0.15) is 5.75 Å². The second kappa shape index (κ2) is 7.64. The highest BCUT2D eigenvalue weighted by Crippen LogP contribution is 2.35. The maximum absolute atomic E-state index is 13.4. The molecule has 0 spiro atoms. The van der Waals surface area contributed by atoms with Crippen LogP contribution in [0.5, 0.6) is 5.75 Å². The third kappa shape index (κ3) is 3.60. The molecule has 2 atom stereocenters. The van der Waals surface area contributed by atoms with Gasteiger partial charge in [0.05, 0.1) is 18.4 Å². The van der Waals surface area contributed by atoms with Crippen molar-refractivity contribution in [2.24, 2.45) is 11.8 Å². The minimum absolute atomic E-state index is 0.0387. The summed E-state index contributed by atoms with van der Waals surface area (Å²) in [6, 6.07) is 7.52. The van der Waals surface area contributed by atoms with Crippen LogP contribution < -0.4 is 25.6 Å². The molecule has 2 N–H and O–H groups in total. The quantitative estimate of drug-likeness (QED) is 0.770. The average molecular weight is 422 g/mol. The van der Waals surface area contributed by atoms with Crippen molar-refractivity contribution in [1.29, 1.82) is 0 Å². The Labute approximate surface area is 181 Å². The normalized spacial score (nSPS) is 21.8. The van der Waals surface area contributed by atoms with E-state index in [1.165, 1.54) is 0 Å². The molecule has 0 saturated carbocycles. The first-order valence-electron chi connectivity index (χ1n) is 10.5. The molecular weight excluding hydrogens is 394 g/mol. The Hall–Kier alpha value is -3.49. The van der Waals surface area contributed by atoms with Crippen LogP contribution in [-0.2, 0) is 0 Å². The number of nitrogens with zero attached hydrogens (tertiary/aromatic N) is 5. The van der Waals surface area contributed by atoms with E-state index in [2.05, 4.69) is 25.7 Å². The number of fused-ring (bicyclic) bond motifs is 1. The zero-order valence-corrected chi connectivity index (χ0v) is 18.0. The third-order valence-corrected chi connectivity index (χ3v) is 6.19. The lowest BCUT2D eigenvalue weighted by molar-refractivity contribution is 0.0783. The van der Waals surface area contributed by atoms with Gasteiger partial charge in [-0.25, -0.2) is 9.97 Å². The second-order valence-electron chi connectivity index (χ2n) is 8.40. The standard InChI is InChI=1S/C22H27N7O2/c1-14-8-15(2)26-22(25-14)28-12-16-10-27(11-17(16)13-28)21(30)19-5-4-18(31-3)9-20(19)29-23-6-7-24-29/h4-9,16-17,23-24H,10-13H2,1-3H3. The van der Waals surface area contributed by atoms with Crippen LogP contribution in [0.4, 0.5) is 11.6 Å². The van der Waals surface area contributed by atoms with Crippen LogP contribution >= 0.6 is 0 Å². The Bertz CT molecular complexity index is 998. The van der Waals surface area contributed by atoms with Crippen LogP contribution in [0.2, 0.25) is 0 Å². The summed E-state index contributed by atoms with van der Waals surface area (Å²) in [6.45, 7) is 7.26. The third-order valence-electron chi connectivity index (χ3n) is 6.19. The Morgan fingerprint density at radius 1 is 1.00 bits per heavy atom. The Morgan fingerprint density at radius 3 is 2.26 bits per heavy atom. The molecular formula is C22H27N7O2. The number of amides is 1. The first-order valence-corrected chi connectivity index (χ1v) is 10.5. The molecule has 162 valence electrons. The fraction of sp³-hybridized carbons (Fsp3) is 0.409. The predicted molar refractivity (Wildman–Crippen MR) is 117 cm³/mol. The molecule has 2 aromatic rings. The van der Waals surface area contributed by atoms with Crippen molar-refractivity contribution in [2.75, 3.05) is 43.3 Å². The fourth-order valence-corrected chi connectivity index (χ4v) is 4.75. The predicted octanol–water partition coefficient (Wildman–Crippen LogP) is 1.61. The number of carbonyl (C=O) groups excluding carboxylic acids is 1. The van der Waals surface area contributed by atoms with Gasteiger partial charge in [-0.05, 0) is 32.0 Å². The number of anilines is 2. The van der Waals surface area contributed by atoms with Gasteiger partial charge in [-0.2, -0.15) is 5.12 Å². The van der Waals surface area contributed by atoms with Gasteiger partial charge < -0.3 is 14.5 Å². The van der Waals surface area contributed by atoms with E-state index < -0.39 is 0 Å². The second-order valence-corrected chi connectivity index (χ2v) is 8.40. The van der Waals surface area contributed by atoms with Gasteiger partial charge in [-0.15, -0.1) is 0 Å². The number of hydrogen-bond acceptors (Lipinski definition) is 8. The van der Waals surface area contributed by atoms with E-state index >= 15 is 0 Å². The number of aromatic nitrogens is 2. The number of hydrogen-bond donors (Lipinski definition) is 2. The number of nitrogens with one attached hydrogen (secondary N) is 2. The summed E-state index contributed by atoms with van der Waals surface area (Å²) in [5.74, 6) is 2.40. The number of aryl methyl sites for hydroxylation is 2. The van der Waals surface area contributed by atoms with E-state index in [1.54, 1.807) is 24.6 Å². The summed E-state index contributed by atoms with van der Waals surface area (Å²) in [5.41, 5.74) is 9.50. The summed E-state index contributed by atoms with van der Waals surface area (Å²) in [4.78, 5) is 26.9. The fourth-order valence-electron chi connectivity index (χ4n) is 4.75. The summed E-state index contributed by atoms with van der Waals surface area (Å²) in [5, 5.41) is 1.71. The van der Waals surface area contributed by atoms with Crippen molar-refractivity contribution in [3.63, 3.8) is 0 Å². The van der Waals surface area contributed by atoms with Crippen LogP contribution in [0.1, 0.15) is 21.7 Å². The van der Waals surface area contributed by atoms with E-state index in [4.69, 9.17) is 4.74 Å². The molecule has 1 aromatic carbocycles. The molecule has 1 aromatic heterocycles. The number of benzene rings is 1. The molecule has 2 unspecified atom stereocenters. The molecule has 2 fully saturated rings. The van der Waals surface area contributed by atoms with E-state index in [1.807, 2.05) is 43.0 Å². The van der Waals surface area contributed by atoms with E-state index in [0.717, 1.165) is 49.2 Å². The number of hydrazine groups is 2. The first-order chi connectivity index (χ1) is 15.0. The van der Waals surface area contributed by atoms with E-state index in [-0.39, 0.29) is 5.91 Å². The van der Waals surface area contributed by atoms with Crippen LogP contribution in [0.15, 0.2) is 36.7 Å². The Morgan fingerprint density at radius 2 is 1.65 bits per heavy atom. The number of likely N-dealkylation sites (tertiary alicyclic amines) is 1. The molecule has 9 heteroatoms. The Balaban J connectivity index is 1.31. The minimum Gasteiger partial charge on any atom is -0.497 e. The van der Waals surface area contributed by atoms with E-state index in [0.29, 0.717) is 23.1 Å². The van der Waals surface area contributed by atoms with Crippen molar-refractivity contribution in [1.82, 2.24) is 25.7 Å². The van der Waals surface area contributed by atoms with Crippen LogP contribution in [-0.4, -0.2) is 54.1 Å². The molecule has 4 heterocycles. The van der Waals surface area contributed by atoms with Gasteiger partial charge in [-0.1, -0.05) is 0 Å². The zero-order chi connectivity index (χ0) is 21.5. The van der Waals surface area contributed by atoms with Gasteiger partial charge >= 0.3 is 0 Å². The molecule has 0 aliphatic carbocycles. The largest absolute Gasteiger partial charge is 0.497 e. The highest BCUT2D eigenvalue weighted by atomic mass is 16.5. The van der Waals surface area contributed by atoms with Crippen molar-refractivity contribution in [3.8, 4) is 5.75 Å². The van der Waals surface area contributed by atoms with Crippen molar-refractivity contribution in [3.05, 3.63) is 53.6 Å². The molecule has 5 rings (SSSR count). The summed E-state index contributed by atoms with van der Waals surface area (Å²) in [7, 11) is 1.62. The van der Waals surface area contributed by atoms with Crippen molar-refractivity contribution in [2.45, 2.75) is 13.8 Å². The SMILES string of the molecule is COc1ccc(C(=O)N2CC3CN(c4nc(C)cc(C)n4)CC3C2)c(N2NC=CN2)c1. The highest BCUT2D eigenvalue weighted by molar-refractivity contribution is 6.00. The summed E-state index contributed by atoms with van der Waals surface area (Å²) in [6.07, 6.45) is 3.55. The van der Waals surface area contributed by atoms with Gasteiger partial charge in [0.25, 0.3) is 5.91 Å². The molecule has 1 amide bonds. The number of carbonyl (C=O) groups is 1. The van der Waals surface area contributed by atoms with Gasteiger partial charge in [-0.3, -0.25) is 15.6 Å².